The summed E-state index contributed by atoms with van der Waals surface area (Å²) >= 11 is 7.64. The summed E-state index contributed by atoms with van der Waals surface area (Å²) in [7, 11) is 0. The molecule has 0 fully saturated rings. The van der Waals surface area contributed by atoms with Crippen molar-refractivity contribution < 1.29 is 0 Å². The predicted octanol–water partition coefficient (Wildman–Crippen LogP) is 3.80. The van der Waals surface area contributed by atoms with Crippen LogP contribution < -0.4 is 11.2 Å². The maximum Gasteiger partial charge on any atom is 0.325 e. The summed E-state index contributed by atoms with van der Waals surface area (Å²) in [6, 6.07) is 15.1. The first-order valence-electron chi connectivity index (χ1n) is 9.61. The summed E-state index contributed by atoms with van der Waals surface area (Å²) in [6.07, 6.45) is 0.249. The molecule has 0 aliphatic heterocycles. The molecule has 2 heterocycles. The lowest BCUT2D eigenvalue weighted by Crippen LogP contribution is -2.23. The molecule has 0 bridgehead atoms. The van der Waals surface area contributed by atoms with Crippen LogP contribution in [0.4, 0.5) is 0 Å². The van der Waals surface area contributed by atoms with E-state index in [0.717, 1.165) is 11.4 Å². The average molecular weight is 454 g/mol. The number of aromatic nitrogens is 5. The predicted molar refractivity (Wildman–Crippen MR) is 122 cm³/mol. The summed E-state index contributed by atoms with van der Waals surface area (Å²) in [4.78, 5) is 28.1. The topological polar surface area (TPSA) is 96.4 Å². The summed E-state index contributed by atoms with van der Waals surface area (Å²) < 4.78 is 1.92. The molecule has 0 unspecified atom stereocenters. The zero-order valence-electron chi connectivity index (χ0n) is 17.0. The van der Waals surface area contributed by atoms with Gasteiger partial charge in [0.15, 0.2) is 5.16 Å². The van der Waals surface area contributed by atoms with Crippen LogP contribution in [-0.2, 0) is 12.2 Å². The normalized spacial score (nSPS) is 11.1. The molecule has 0 atom stereocenters. The van der Waals surface area contributed by atoms with Crippen LogP contribution in [-0.4, -0.2) is 24.7 Å². The van der Waals surface area contributed by atoms with Crippen LogP contribution in [0.3, 0.4) is 0 Å². The molecule has 0 saturated carbocycles. The monoisotopic (exact) mass is 453 g/mol. The van der Waals surface area contributed by atoms with Crippen molar-refractivity contribution in [3.05, 3.63) is 103 Å². The molecule has 0 aliphatic rings. The van der Waals surface area contributed by atoms with Crippen LogP contribution in [0.2, 0.25) is 5.02 Å². The Morgan fingerprint density at radius 2 is 1.77 bits per heavy atom. The summed E-state index contributed by atoms with van der Waals surface area (Å²) in [5.41, 5.74) is 3.96. The Kier molecular flexibility index (Phi) is 6.11. The third-order valence-electron chi connectivity index (χ3n) is 4.81. The van der Waals surface area contributed by atoms with Gasteiger partial charge in [0.05, 0.1) is 0 Å². The molecule has 0 radical (unpaired) electrons. The third kappa shape index (κ3) is 4.98. The second kappa shape index (κ2) is 8.95. The van der Waals surface area contributed by atoms with E-state index in [2.05, 4.69) is 52.2 Å². The van der Waals surface area contributed by atoms with E-state index in [1.165, 1.54) is 22.8 Å². The molecule has 158 valence electrons. The van der Waals surface area contributed by atoms with Crippen LogP contribution in [0.15, 0.2) is 63.3 Å². The van der Waals surface area contributed by atoms with Gasteiger partial charge in [-0.3, -0.25) is 14.3 Å². The van der Waals surface area contributed by atoms with Crippen LogP contribution in [0.1, 0.15) is 28.2 Å². The fourth-order valence-corrected chi connectivity index (χ4v) is 4.40. The van der Waals surface area contributed by atoms with Gasteiger partial charge in [-0.2, -0.15) is 0 Å². The van der Waals surface area contributed by atoms with Gasteiger partial charge in [0.2, 0.25) is 0 Å². The number of hydrogen-bond donors (Lipinski definition) is 2. The van der Waals surface area contributed by atoms with Gasteiger partial charge in [0, 0.05) is 34.6 Å². The van der Waals surface area contributed by atoms with E-state index in [9.17, 15) is 9.59 Å². The van der Waals surface area contributed by atoms with Crippen molar-refractivity contribution in [3.63, 3.8) is 0 Å². The molecule has 0 spiro atoms. The van der Waals surface area contributed by atoms with Gasteiger partial charge in [-0.1, -0.05) is 47.1 Å². The third-order valence-corrected chi connectivity index (χ3v) is 6.04. The molecule has 7 nitrogen and oxygen atoms in total. The van der Waals surface area contributed by atoms with E-state index in [0.29, 0.717) is 21.7 Å². The SMILES string of the molecule is Cc1ccc(C)c(CSc2nnc(Cc3cc(=O)[nH]c(=O)[nH]3)n2-c2ccc(Cl)cc2)c1. The molecule has 2 N–H and O–H groups in total. The van der Waals surface area contributed by atoms with Crippen molar-refractivity contribution >= 4 is 23.4 Å². The number of hydrogen-bond acceptors (Lipinski definition) is 5. The number of benzene rings is 2. The molecule has 2 aromatic heterocycles. The molecule has 31 heavy (non-hydrogen) atoms. The second-order valence-electron chi connectivity index (χ2n) is 7.22. The Hall–Kier alpha value is -3.10. The average Bonchev–Trinajstić information content (AvgIpc) is 3.11. The molecule has 4 rings (SSSR count). The first kappa shape index (κ1) is 21.1. The van der Waals surface area contributed by atoms with Crippen LogP contribution in [0.25, 0.3) is 5.69 Å². The minimum Gasteiger partial charge on any atom is -0.311 e. The fourth-order valence-electron chi connectivity index (χ4n) is 3.24. The Balaban J connectivity index is 1.71. The van der Waals surface area contributed by atoms with Crippen molar-refractivity contribution in [2.24, 2.45) is 0 Å². The minimum atomic E-state index is -0.551. The van der Waals surface area contributed by atoms with Crippen LogP contribution >= 0.6 is 23.4 Å². The molecule has 9 heteroatoms. The van der Waals surface area contributed by atoms with Crippen molar-refractivity contribution in [2.75, 3.05) is 0 Å². The Bertz CT molecular complexity index is 1310. The summed E-state index contributed by atoms with van der Waals surface area (Å²) in [6.45, 7) is 4.16. The number of halogens is 1. The van der Waals surface area contributed by atoms with Crippen LogP contribution in [0, 0.1) is 13.8 Å². The first-order valence-corrected chi connectivity index (χ1v) is 11.0. The van der Waals surface area contributed by atoms with Gasteiger partial charge in [-0.15, -0.1) is 10.2 Å². The smallest absolute Gasteiger partial charge is 0.311 e. The second-order valence-corrected chi connectivity index (χ2v) is 8.60. The minimum absolute atomic E-state index is 0.249. The highest BCUT2D eigenvalue weighted by atomic mass is 35.5. The van der Waals surface area contributed by atoms with Crippen molar-refractivity contribution in [1.29, 1.82) is 0 Å². The van der Waals surface area contributed by atoms with Gasteiger partial charge in [0.25, 0.3) is 5.56 Å². The highest BCUT2D eigenvalue weighted by Gasteiger charge is 2.16. The first-order chi connectivity index (χ1) is 14.9. The van der Waals surface area contributed by atoms with Crippen molar-refractivity contribution in [2.45, 2.75) is 31.2 Å². The maximum atomic E-state index is 11.7. The van der Waals surface area contributed by atoms with E-state index in [1.807, 2.05) is 16.7 Å². The Labute approximate surface area is 187 Å². The number of H-pyrrole nitrogens is 2. The molecular weight excluding hydrogens is 434 g/mol. The number of rotatable bonds is 6. The van der Waals surface area contributed by atoms with E-state index in [4.69, 9.17) is 11.6 Å². The van der Waals surface area contributed by atoms with Crippen molar-refractivity contribution in [3.8, 4) is 5.69 Å². The Morgan fingerprint density at radius 3 is 2.52 bits per heavy atom. The lowest BCUT2D eigenvalue weighted by Gasteiger charge is -2.11. The lowest BCUT2D eigenvalue weighted by atomic mass is 10.1. The number of nitrogens with one attached hydrogen (secondary N) is 2. The molecule has 4 aromatic rings. The van der Waals surface area contributed by atoms with Gasteiger partial charge in [-0.05, 0) is 49.2 Å². The maximum absolute atomic E-state index is 11.7. The number of nitrogens with zero attached hydrogens (tertiary/aromatic N) is 3. The molecule has 0 amide bonds. The fraction of sp³-hybridized carbons (Fsp3) is 0.182. The molecule has 0 aliphatic carbocycles. The zero-order chi connectivity index (χ0) is 22.0. The largest absolute Gasteiger partial charge is 0.325 e. The van der Waals surface area contributed by atoms with Gasteiger partial charge >= 0.3 is 5.69 Å². The quantitative estimate of drug-likeness (QED) is 0.433. The highest BCUT2D eigenvalue weighted by molar-refractivity contribution is 7.98. The van der Waals surface area contributed by atoms with Gasteiger partial charge < -0.3 is 4.98 Å². The summed E-state index contributed by atoms with van der Waals surface area (Å²) in [5, 5.41) is 10.1. The summed E-state index contributed by atoms with van der Waals surface area (Å²) in [5.74, 6) is 1.34. The zero-order valence-corrected chi connectivity index (χ0v) is 18.5. The van der Waals surface area contributed by atoms with E-state index in [1.54, 1.807) is 23.9 Å². The number of aromatic amines is 2. The number of thioether (sulfide) groups is 1. The number of aryl methyl sites for hydroxylation is 2. The molecule has 0 saturated heterocycles. The van der Waals surface area contributed by atoms with E-state index >= 15 is 0 Å². The molecule has 2 aromatic carbocycles. The standard InChI is InChI=1S/C22H20ClN5O2S/c1-13-3-4-14(2)15(9-13)12-31-22-27-26-19(10-17-11-20(29)25-21(30)24-17)28(22)18-7-5-16(23)6-8-18/h3-9,11H,10,12H2,1-2H3,(H2,24,25,29,30). The molecular formula is C22H20ClN5O2S. The lowest BCUT2D eigenvalue weighted by molar-refractivity contribution is 0.829. The Morgan fingerprint density at radius 1 is 1.00 bits per heavy atom. The van der Waals surface area contributed by atoms with E-state index in [-0.39, 0.29) is 6.42 Å². The van der Waals surface area contributed by atoms with Gasteiger partial charge in [-0.25, -0.2) is 4.79 Å². The van der Waals surface area contributed by atoms with Crippen LogP contribution in [0.5, 0.6) is 0 Å². The van der Waals surface area contributed by atoms with Crippen molar-refractivity contribution in [1.82, 2.24) is 24.7 Å². The highest BCUT2D eigenvalue weighted by Crippen LogP contribution is 2.28. The van der Waals surface area contributed by atoms with Gasteiger partial charge in [0.1, 0.15) is 5.82 Å². The van der Waals surface area contributed by atoms with E-state index < -0.39 is 11.2 Å².